The molecular weight excluding hydrogens is 366 g/mol. The first kappa shape index (κ1) is 27.4. The third kappa shape index (κ3) is 7.02. The summed E-state index contributed by atoms with van der Waals surface area (Å²) in [5.41, 5.74) is 4.76. The number of rotatable bonds is 4. The molecule has 0 bridgehead atoms. The van der Waals surface area contributed by atoms with Crippen molar-refractivity contribution in [3.05, 3.63) is 71.5 Å². The van der Waals surface area contributed by atoms with Crippen LogP contribution in [0.5, 0.6) is 5.75 Å². The van der Waals surface area contributed by atoms with Crippen LogP contribution in [0.4, 0.5) is 0 Å². The summed E-state index contributed by atoms with van der Waals surface area (Å²) in [6.07, 6.45) is 9.96. The normalized spacial score (nSPS) is 12.6. The molecule has 3 rings (SSSR count). The average molecular weight is 408 g/mol. The van der Waals surface area contributed by atoms with Crippen molar-refractivity contribution in [1.29, 1.82) is 0 Å². The number of ether oxygens (including phenoxy) is 1. The second-order valence-electron chi connectivity index (χ2n) is 6.29. The van der Waals surface area contributed by atoms with E-state index in [-0.39, 0.29) is 5.92 Å². The zero-order valence-electron chi connectivity index (χ0n) is 20.5. The Hall–Kier alpha value is -2.61. The predicted molar refractivity (Wildman–Crippen MR) is 138 cm³/mol. The van der Waals surface area contributed by atoms with E-state index in [0.29, 0.717) is 6.61 Å². The van der Waals surface area contributed by atoms with Crippen molar-refractivity contribution in [2.24, 2.45) is 4.99 Å². The molecule has 30 heavy (non-hydrogen) atoms. The van der Waals surface area contributed by atoms with Crippen molar-refractivity contribution in [3.8, 4) is 5.75 Å². The van der Waals surface area contributed by atoms with Gasteiger partial charge in [0.05, 0.1) is 0 Å². The molecule has 1 atom stereocenters. The number of aliphatic imine (C=N–C) groups is 1. The monoisotopic (exact) mass is 407 g/mol. The van der Waals surface area contributed by atoms with Crippen molar-refractivity contribution in [1.82, 2.24) is 0 Å². The lowest BCUT2D eigenvalue weighted by atomic mass is 9.87. The van der Waals surface area contributed by atoms with Gasteiger partial charge in [0.25, 0.3) is 0 Å². The van der Waals surface area contributed by atoms with Gasteiger partial charge in [0.15, 0.2) is 0 Å². The van der Waals surface area contributed by atoms with E-state index in [4.69, 9.17) is 4.74 Å². The molecule has 0 amide bonds. The summed E-state index contributed by atoms with van der Waals surface area (Å²) in [5.74, 6) is 1.21. The molecule has 1 unspecified atom stereocenters. The van der Waals surface area contributed by atoms with E-state index in [1.54, 1.807) is 6.20 Å². The largest absolute Gasteiger partial charge is 0.488 e. The molecule has 164 valence electrons. The van der Waals surface area contributed by atoms with Gasteiger partial charge in [-0.1, -0.05) is 91.0 Å². The lowest BCUT2D eigenvalue weighted by Crippen LogP contribution is -2.07. The maximum atomic E-state index is 5.94. The minimum Gasteiger partial charge on any atom is -0.488 e. The van der Waals surface area contributed by atoms with E-state index in [1.165, 1.54) is 27.5 Å². The van der Waals surface area contributed by atoms with Gasteiger partial charge in [-0.25, -0.2) is 0 Å². The van der Waals surface area contributed by atoms with Crippen LogP contribution in [0.3, 0.4) is 0 Å². The second-order valence-corrected chi connectivity index (χ2v) is 6.29. The van der Waals surface area contributed by atoms with Crippen molar-refractivity contribution in [2.75, 3.05) is 6.61 Å². The molecule has 0 aliphatic carbocycles. The maximum absolute atomic E-state index is 5.94. The van der Waals surface area contributed by atoms with Crippen LogP contribution in [0, 0.1) is 6.92 Å². The Kier molecular flexibility index (Phi) is 13.9. The Bertz CT molecular complexity index is 872. The van der Waals surface area contributed by atoms with Gasteiger partial charge < -0.3 is 4.74 Å². The smallest absolute Gasteiger partial charge is 0.135 e. The zero-order chi connectivity index (χ0) is 23.1. The van der Waals surface area contributed by atoms with Gasteiger partial charge >= 0.3 is 0 Å². The summed E-state index contributed by atoms with van der Waals surface area (Å²) in [7, 11) is 0. The summed E-state index contributed by atoms with van der Waals surface area (Å²) in [6, 6.07) is 8.47. The fourth-order valence-electron chi connectivity index (χ4n) is 3.24. The number of nitrogens with zero attached hydrogens (tertiary/aromatic N) is 1. The van der Waals surface area contributed by atoms with Crippen LogP contribution in [-0.4, -0.2) is 12.8 Å². The maximum Gasteiger partial charge on any atom is 0.135 e. The van der Waals surface area contributed by atoms with Gasteiger partial charge in [0, 0.05) is 29.3 Å². The molecule has 2 aromatic carbocycles. The molecule has 0 N–H and O–H groups in total. The average Bonchev–Trinajstić information content (AvgIpc) is 2.81. The molecular formula is C28H41NO. The highest BCUT2D eigenvalue weighted by atomic mass is 16.5. The number of hydrogen-bond acceptors (Lipinski definition) is 2. The summed E-state index contributed by atoms with van der Waals surface area (Å²) in [4.78, 5) is 4.43. The molecule has 2 aromatic rings. The molecule has 1 heterocycles. The van der Waals surface area contributed by atoms with Crippen molar-refractivity contribution < 1.29 is 4.74 Å². The van der Waals surface area contributed by atoms with Crippen LogP contribution in [0.2, 0.25) is 0 Å². The SMILES string of the molecule is C=C(C)/C=C\N=CC(C)c1c(C)c2c(c3ccccc13)OCC=C2.CC.CC.CC. The molecule has 1 aliphatic heterocycles. The van der Waals surface area contributed by atoms with Gasteiger partial charge in [0.1, 0.15) is 12.4 Å². The van der Waals surface area contributed by atoms with Crippen LogP contribution in [0.25, 0.3) is 16.8 Å². The van der Waals surface area contributed by atoms with E-state index in [0.717, 1.165) is 11.3 Å². The summed E-state index contributed by atoms with van der Waals surface area (Å²) in [5, 5.41) is 2.42. The first-order valence-electron chi connectivity index (χ1n) is 11.3. The second kappa shape index (κ2) is 15.3. The molecule has 0 aromatic heterocycles. The highest BCUT2D eigenvalue weighted by Crippen LogP contribution is 2.40. The fraction of sp³-hybridized carbons (Fsp3) is 0.393. The van der Waals surface area contributed by atoms with E-state index in [9.17, 15) is 0 Å². The predicted octanol–water partition coefficient (Wildman–Crippen LogP) is 8.90. The van der Waals surface area contributed by atoms with Crippen molar-refractivity contribution in [3.63, 3.8) is 0 Å². The van der Waals surface area contributed by atoms with Gasteiger partial charge in [-0.05, 0) is 42.5 Å². The van der Waals surface area contributed by atoms with Gasteiger partial charge in [-0.2, -0.15) is 0 Å². The molecule has 2 nitrogen and oxygen atoms in total. The Morgan fingerprint density at radius 2 is 1.67 bits per heavy atom. The molecule has 1 aliphatic rings. The molecule has 0 saturated heterocycles. The Morgan fingerprint density at radius 1 is 1.07 bits per heavy atom. The number of benzene rings is 2. The summed E-state index contributed by atoms with van der Waals surface area (Å²) in [6.45, 7) is 22.8. The zero-order valence-corrected chi connectivity index (χ0v) is 20.5. The minimum atomic E-state index is 0.213. The number of fused-ring (bicyclic) bond motifs is 3. The highest BCUT2D eigenvalue weighted by Gasteiger charge is 2.20. The quantitative estimate of drug-likeness (QED) is 0.366. The summed E-state index contributed by atoms with van der Waals surface area (Å²) >= 11 is 0. The topological polar surface area (TPSA) is 21.6 Å². The molecule has 0 saturated carbocycles. The molecule has 0 spiro atoms. The highest BCUT2D eigenvalue weighted by molar-refractivity contribution is 5.98. The van der Waals surface area contributed by atoms with E-state index in [1.807, 2.05) is 60.8 Å². The minimum absolute atomic E-state index is 0.213. The van der Waals surface area contributed by atoms with E-state index < -0.39 is 0 Å². The Morgan fingerprint density at radius 3 is 2.27 bits per heavy atom. The first-order valence-corrected chi connectivity index (χ1v) is 11.3. The number of allylic oxidation sites excluding steroid dienone is 2. The lowest BCUT2D eigenvalue weighted by molar-refractivity contribution is 0.362. The summed E-state index contributed by atoms with van der Waals surface area (Å²) < 4.78 is 5.94. The van der Waals surface area contributed by atoms with Crippen LogP contribution in [0.15, 0.2) is 59.8 Å². The van der Waals surface area contributed by atoms with Crippen LogP contribution in [0.1, 0.15) is 78.0 Å². The molecule has 0 radical (unpaired) electrons. The van der Waals surface area contributed by atoms with Crippen LogP contribution < -0.4 is 4.74 Å². The first-order chi connectivity index (χ1) is 14.6. The van der Waals surface area contributed by atoms with Crippen molar-refractivity contribution in [2.45, 2.75) is 68.2 Å². The molecule has 2 heteroatoms. The van der Waals surface area contributed by atoms with Crippen LogP contribution >= 0.6 is 0 Å². The Balaban J connectivity index is 0.00000129. The Labute approximate surface area is 185 Å². The third-order valence-corrected chi connectivity index (χ3v) is 4.33. The number of hydrogen-bond donors (Lipinski definition) is 0. The van der Waals surface area contributed by atoms with E-state index in [2.05, 4.69) is 61.8 Å². The van der Waals surface area contributed by atoms with Gasteiger partial charge in [0.2, 0.25) is 0 Å². The van der Waals surface area contributed by atoms with Crippen LogP contribution in [-0.2, 0) is 0 Å². The van der Waals surface area contributed by atoms with Gasteiger partial charge in [-0.15, -0.1) is 0 Å². The van der Waals surface area contributed by atoms with Crippen molar-refractivity contribution >= 4 is 23.1 Å². The molecule has 0 fully saturated rings. The third-order valence-electron chi connectivity index (χ3n) is 4.33. The fourth-order valence-corrected chi connectivity index (χ4v) is 3.24. The van der Waals surface area contributed by atoms with Gasteiger partial charge in [-0.3, -0.25) is 4.99 Å². The van der Waals surface area contributed by atoms with E-state index >= 15 is 0 Å². The standard InChI is InChI=1S/C22H23NO.3C2H6/c1-15(2)11-12-23-14-16(3)21-17(4)18-10-7-13-24-22(18)20-9-6-5-8-19(20)21;3*1-2/h5-12,14,16H,1,13H2,2-4H3;3*1-2H3/b12-11-,23-14?;;;. The lowest BCUT2D eigenvalue weighted by Gasteiger charge is -2.23.